The van der Waals surface area contributed by atoms with Gasteiger partial charge in [-0.05, 0) is 43.9 Å². The predicted octanol–water partition coefficient (Wildman–Crippen LogP) is 1.61. The summed E-state index contributed by atoms with van der Waals surface area (Å²) in [5.74, 6) is 2.32. The highest BCUT2D eigenvalue weighted by Crippen LogP contribution is 2.29. The zero-order valence-electron chi connectivity index (χ0n) is 15.7. The second-order valence-electron chi connectivity index (χ2n) is 7.59. The number of hydrogen-bond acceptors (Lipinski definition) is 3. The number of aliphatic imine (C=N–C) groups is 1. The van der Waals surface area contributed by atoms with Crippen molar-refractivity contribution < 1.29 is 9.53 Å². The molecule has 2 fully saturated rings. The van der Waals surface area contributed by atoms with Crippen molar-refractivity contribution in [2.24, 2.45) is 16.8 Å². The van der Waals surface area contributed by atoms with Gasteiger partial charge in [0.2, 0.25) is 5.91 Å². The topological polar surface area (TPSA) is 66.0 Å². The van der Waals surface area contributed by atoms with Crippen molar-refractivity contribution in [2.45, 2.75) is 58.0 Å². The minimum absolute atomic E-state index is 0.0220. The van der Waals surface area contributed by atoms with Crippen molar-refractivity contribution in [3.63, 3.8) is 0 Å². The van der Waals surface area contributed by atoms with Crippen molar-refractivity contribution in [1.29, 1.82) is 0 Å². The fraction of sp³-hybridized carbons (Fsp3) is 0.889. The Morgan fingerprint density at radius 1 is 1.04 bits per heavy atom. The lowest BCUT2D eigenvalue weighted by Crippen LogP contribution is -2.50. The van der Waals surface area contributed by atoms with Crippen LogP contribution in [0.4, 0.5) is 0 Å². The minimum Gasteiger partial charge on any atom is -0.381 e. The normalized spacial score (nSPS) is 29.2. The van der Waals surface area contributed by atoms with E-state index in [1.165, 1.54) is 12.8 Å². The molecular formula is C18H34N4O2. The summed E-state index contributed by atoms with van der Waals surface area (Å²) in [7, 11) is 3.53. The highest BCUT2D eigenvalue weighted by molar-refractivity contribution is 5.85. The first-order valence-electron chi connectivity index (χ1n) is 9.31. The molecule has 2 rings (SSSR count). The van der Waals surface area contributed by atoms with Gasteiger partial charge in [-0.1, -0.05) is 13.8 Å². The van der Waals surface area contributed by atoms with Crippen LogP contribution >= 0.6 is 0 Å². The average Bonchev–Trinajstić information content (AvgIpc) is 2.56. The van der Waals surface area contributed by atoms with Crippen LogP contribution in [0.25, 0.3) is 0 Å². The SMILES string of the molecule is CC1CCC(NC(=NCC(=O)N(C)C)NC2CCOCC2)CC1C. The molecule has 6 heteroatoms. The van der Waals surface area contributed by atoms with Gasteiger partial charge in [0.15, 0.2) is 5.96 Å². The molecule has 0 bridgehead atoms. The van der Waals surface area contributed by atoms with E-state index in [-0.39, 0.29) is 12.5 Å². The summed E-state index contributed by atoms with van der Waals surface area (Å²) in [6.07, 6.45) is 5.56. The molecule has 0 radical (unpaired) electrons. The van der Waals surface area contributed by atoms with E-state index in [1.54, 1.807) is 19.0 Å². The molecule has 1 saturated carbocycles. The monoisotopic (exact) mass is 338 g/mol. The van der Waals surface area contributed by atoms with Crippen molar-refractivity contribution in [3.05, 3.63) is 0 Å². The van der Waals surface area contributed by atoms with Crippen molar-refractivity contribution in [1.82, 2.24) is 15.5 Å². The van der Waals surface area contributed by atoms with Gasteiger partial charge in [-0.25, -0.2) is 4.99 Å². The fourth-order valence-electron chi connectivity index (χ4n) is 3.33. The third-order valence-electron chi connectivity index (χ3n) is 5.37. The Kier molecular flexibility index (Phi) is 7.34. The Balaban J connectivity index is 1.95. The van der Waals surface area contributed by atoms with E-state index in [9.17, 15) is 4.79 Å². The number of carbonyl (C=O) groups is 1. The summed E-state index contributed by atoms with van der Waals surface area (Å²) < 4.78 is 5.43. The second kappa shape index (κ2) is 9.25. The Morgan fingerprint density at radius 2 is 1.71 bits per heavy atom. The van der Waals surface area contributed by atoms with E-state index in [4.69, 9.17) is 4.74 Å². The molecule has 1 aliphatic heterocycles. The van der Waals surface area contributed by atoms with E-state index >= 15 is 0 Å². The van der Waals surface area contributed by atoms with E-state index < -0.39 is 0 Å². The van der Waals surface area contributed by atoms with Crippen molar-refractivity contribution in [2.75, 3.05) is 33.9 Å². The summed E-state index contributed by atoms with van der Waals surface area (Å²) >= 11 is 0. The van der Waals surface area contributed by atoms with Crippen LogP contribution in [0.2, 0.25) is 0 Å². The van der Waals surface area contributed by atoms with Gasteiger partial charge in [0.25, 0.3) is 0 Å². The van der Waals surface area contributed by atoms with Gasteiger partial charge in [-0.2, -0.15) is 0 Å². The lowest BCUT2D eigenvalue weighted by atomic mass is 9.79. The van der Waals surface area contributed by atoms with Crippen LogP contribution < -0.4 is 10.6 Å². The number of nitrogens with zero attached hydrogens (tertiary/aromatic N) is 2. The van der Waals surface area contributed by atoms with Gasteiger partial charge in [-0.3, -0.25) is 4.79 Å². The highest BCUT2D eigenvalue weighted by Gasteiger charge is 2.26. The Bertz CT molecular complexity index is 433. The van der Waals surface area contributed by atoms with Gasteiger partial charge in [-0.15, -0.1) is 0 Å². The maximum absolute atomic E-state index is 11.9. The van der Waals surface area contributed by atoms with Crippen LogP contribution in [0.1, 0.15) is 46.0 Å². The molecule has 0 spiro atoms. The van der Waals surface area contributed by atoms with Crippen LogP contribution in [0.15, 0.2) is 4.99 Å². The summed E-state index contributed by atoms with van der Waals surface area (Å²) in [5.41, 5.74) is 0. The average molecular weight is 338 g/mol. The molecule has 0 aromatic rings. The first-order chi connectivity index (χ1) is 11.5. The Hall–Kier alpha value is -1.30. The first-order valence-corrected chi connectivity index (χ1v) is 9.31. The molecule has 24 heavy (non-hydrogen) atoms. The maximum atomic E-state index is 11.9. The number of amides is 1. The number of carbonyl (C=O) groups excluding carboxylic acids is 1. The summed E-state index contributed by atoms with van der Waals surface area (Å²) in [4.78, 5) is 18.0. The maximum Gasteiger partial charge on any atom is 0.243 e. The second-order valence-corrected chi connectivity index (χ2v) is 7.59. The van der Waals surface area contributed by atoms with Gasteiger partial charge < -0.3 is 20.3 Å². The number of likely N-dealkylation sites (N-methyl/N-ethyl adjacent to an activating group) is 1. The van der Waals surface area contributed by atoms with Gasteiger partial charge in [0, 0.05) is 39.4 Å². The molecule has 2 aliphatic rings. The quantitative estimate of drug-likeness (QED) is 0.604. The Labute approximate surface area is 146 Å². The van der Waals surface area contributed by atoms with E-state index in [1.807, 2.05) is 0 Å². The summed E-state index contributed by atoms with van der Waals surface area (Å²) in [6.45, 7) is 6.44. The number of guanidine groups is 1. The van der Waals surface area contributed by atoms with Crippen LogP contribution in [0.3, 0.4) is 0 Å². The number of rotatable bonds is 4. The molecule has 1 aliphatic carbocycles. The summed E-state index contributed by atoms with van der Waals surface area (Å²) in [5, 5.41) is 7.09. The molecular weight excluding hydrogens is 304 g/mol. The third kappa shape index (κ3) is 5.96. The number of nitrogens with one attached hydrogen (secondary N) is 2. The molecule has 138 valence electrons. The highest BCUT2D eigenvalue weighted by atomic mass is 16.5. The van der Waals surface area contributed by atoms with Crippen LogP contribution in [0.5, 0.6) is 0 Å². The number of hydrogen-bond donors (Lipinski definition) is 2. The molecule has 1 saturated heterocycles. The molecule has 0 aromatic heterocycles. The van der Waals surface area contributed by atoms with Gasteiger partial charge in [0.1, 0.15) is 6.54 Å². The molecule has 0 aromatic carbocycles. The zero-order chi connectivity index (χ0) is 17.5. The lowest BCUT2D eigenvalue weighted by Gasteiger charge is -2.34. The smallest absolute Gasteiger partial charge is 0.243 e. The molecule has 1 amide bonds. The van der Waals surface area contributed by atoms with Crippen LogP contribution in [0, 0.1) is 11.8 Å². The molecule has 1 heterocycles. The zero-order valence-corrected chi connectivity index (χ0v) is 15.7. The first kappa shape index (κ1) is 19.0. The molecule has 3 atom stereocenters. The Morgan fingerprint density at radius 3 is 2.33 bits per heavy atom. The molecule has 6 nitrogen and oxygen atoms in total. The van der Waals surface area contributed by atoms with E-state index in [0.717, 1.165) is 50.3 Å². The van der Waals surface area contributed by atoms with Crippen molar-refractivity contribution in [3.8, 4) is 0 Å². The van der Waals surface area contributed by atoms with E-state index in [0.29, 0.717) is 12.1 Å². The third-order valence-corrected chi connectivity index (χ3v) is 5.37. The largest absolute Gasteiger partial charge is 0.381 e. The van der Waals surface area contributed by atoms with Gasteiger partial charge in [0.05, 0.1) is 0 Å². The number of ether oxygens (including phenoxy) is 1. The predicted molar refractivity (Wildman–Crippen MR) is 97.1 cm³/mol. The standard InChI is InChI=1S/C18H34N4O2/c1-13-5-6-16(11-14(13)2)21-18(19-12-17(23)22(3)4)20-15-7-9-24-10-8-15/h13-16H,5-12H2,1-4H3,(H2,19,20,21). The van der Waals surface area contributed by atoms with Crippen LogP contribution in [-0.4, -0.2) is 62.7 Å². The van der Waals surface area contributed by atoms with Gasteiger partial charge >= 0.3 is 0 Å². The fourth-order valence-corrected chi connectivity index (χ4v) is 3.33. The van der Waals surface area contributed by atoms with Crippen LogP contribution in [-0.2, 0) is 9.53 Å². The lowest BCUT2D eigenvalue weighted by molar-refractivity contribution is -0.127. The molecule has 3 unspecified atom stereocenters. The van der Waals surface area contributed by atoms with Crippen molar-refractivity contribution >= 4 is 11.9 Å². The minimum atomic E-state index is 0.0220. The summed E-state index contributed by atoms with van der Waals surface area (Å²) in [6, 6.07) is 0.816. The van der Waals surface area contributed by atoms with E-state index in [2.05, 4.69) is 29.5 Å². The molecule has 2 N–H and O–H groups in total.